The maximum Gasteiger partial charge on any atom is 2.00 e. The Balaban J connectivity index is 0.00000372. The van der Waals surface area contributed by atoms with Crippen LogP contribution in [0.2, 0.25) is 0 Å². The Morgan fingerprint density at radius 1 is 0.618 bits per heavy atom. The van der Waals surface area contributed by atoms with Crippen LogP contribution in [0.25, 0.3) is 54.8 Å². The smallest absolute Gasteiger partial charge is 0.340 e. The molecule has 0 saturated carbocycles. The van der Waals surface area contributed by atoms with Crippen molar-refractivity contribution in [3.63, 3.8) is 0 Å². The van der Waals surface area contributed by atoms with Crippen LogP contribution in [0.1, 0.15) is 42.3 Å². The van der Waals surface area contributed by atoms with E-state index in [-0.39, 0.29) is 26.5 Å². The maximum absolute atomic E-state index is 17.0. The number of aromatic nitrogens is 4. The molecule has 266 valence electrons. The number of pyridine rings is 2. The molecule has 7 heteroatoms. The van der Waals surface area contributed by atoms with Gasteiger partial charge in [0.1, 0.15) is 12.0 Å². The van der Waals surface area contributed by atoms with E-state index in [0.717, 1.165) is 77.4 Å². The number of halogens is 1. The molecule has 0 aliphatic carbocycles. The van der Waals surface area contributed by atoms with Crippen molar-refractivity contribution < 1.29 is 25.5 Å². The summed E-state index contributed by atoms with van der Waals surface area (Å²) in [5.74, 6) is 0.807. The molecular weight excluding hydrogens is 861 g/mol. The Bertz CT molecular complexity index is 3130. The zero-order valence-corrected chi connectivity index (χ0v) is 32.2. The number of fused-ring (bicyclic) bond motifs is 12. The van der Waals surface area contributed by atoms with Crippen LogP contribution in [-0.2, 0) is 26.5 Å². The zero-order valence-electron chi connectivity index (χ0n) is 29.9. The van der Waals surface area contributed by atoms with Gasteiger partial charge in [-0.3, -0.25) is 4.98 Å². The second-order valence-corrected chi connectivity index (χ2v) is 14.6. The quantitative estimate of drug-likeness (QED) is 0.131. The Morgan fingerprint density at radius 2 is 1.35 bits per heavy atom. The molecule has 0 bridgehead atoms. The fourth-order valence-corrected chi connectivity index (χ4v) is 8.74. The van der Waals surface area contributed by atoms with Crippen molar-refractivity contribution in [3.8, 4) is 5.69 Å². The average Bonchev–Trinajstić information content (AvgIpc) is 3.85. The van der Waals surface area contributed by atoms with E-state index in [4.69, 9.17) is 4.98 Å². The topological polar surface area (TPSA) is 38.4 Å². The number of hydrogen-bond acceptors (Lipinski definition) is 3. The molecule has 5 nitrogen and oxygen atoms in total. The van der Waals surface area contributed by atoms with Gasteiger partial charge in [-0.1, -0.05) is 109 Å². The van der Waals surface area contributed by atoms with Gasteiger partial charge in [0.25, 0.3) is 0 Å². The molecule has 5 heterocycles. The number of benzene rings is 6. The predicted octanol–water partition coefficient (Wildman–Crippen LogP) is 11.9. The average molecular weight is 893 g/mol. The normalized spacial score (nSPS) is 14.0. The third-order valence-electron chi connectivity index (χ3n) is 11.3. The van der Waals surface area contributed by atoms with Crippen molar-refractivity contribution in [2.24, 2.45) is 0 Å². The molecule has 0 N–H and O–H groups in total. The van der Waals surface area contributed by atoms with Gasteiger partial charge >= 0.3 is 21.1 Å². The minimum atomic E-state index is -1.48. The van der Waals surface area contributed by atoms with Crippen LogP contribution >= 0.6 is 0 Å². The third kappa shape index (κ3) is 4.81. The van der Waals surface area contributed by atoms with E-state index in [0.29, 0.717) is 16.8 Å². The van der Waals surface area contributed by atoms with Gasteiger partial charge in [-0.2, -0.15) is 18.2 Å². The van der Waals surface area contributed by atoms with E-state index in [2.05, 4.69) is 119 Å². The maximum atomic E-state index is 17.0. The molecule has 1 aliphatic heterocycles. The molecule has 1 atom stereocenters. The second-order valence-electron chi connectivity index (χ2n) is 14.6. The molecule has 1 aliphatic rings. The molecule has 0 saturated heterocycles. The van der Waals surface area contributed by atoms with Gasteiger partial charge in [-0.05, 0) is 41.3 Å². The third-order valence-corrected chi connectivity index (χ3v) is 11.3. The minimum absolute atomic E-state index is 0. The van der Waals surface area contributed by atoms with Crippen LogP contribution in [0.4, 0.5) is 21.6 Å². The van der Waals surface area contributed by atoms with Crippen molar-refractivity contribution >= 4 is 66.3 Å². The second kappa shape index (κ2) is 12.5. The summed E-state index contributed by atoms with van der Waals surface area (Å²) in [7, 11) is 0. The first-order valence-corrected chi connectivity index (χ1v) is 18.2. The number of alkyl halides is 1. The first kappa shape index (κ1) is 33.5. The van der Waals surface area contributed by atoms with Crippen molar-refractivity contribution in [1.82, 2.24) is 18.9 Å². The molecule has 0 radical (unpaired) electrons. The summed E-state index contributed by atoms with van der Waals surface area (Å²) in [6.07, 6.45) is 4.08. The first-order valence-electron chi connectivity index (χ1n) is 18.2. The number of anilines is 3. The Hall–Kier alpha value is -6.10. The van der Waals surface area contributed by atoms with Gasteiger partial charge in [0.05, 0.1) is 22.4 Å². The van der Waals surface area contributed by atoms with E-state index in [1.54, 1.807) is 6.20 Å². The van der Waals surface area contributed by atoms with Crippen molar-refractivity contribution in [2.45, 2.75) is 25.4 Å². The van der Waals surface area contributed by atoms with Gasteiger partial charge < -0.3 is 13.9 Å². The molecule has 0 fully saturated rings. The summed E-state index contributed by atoms with van der Waals surface area (Å²) in [5, 5.41) is 5.15. The summed E-state index contributed by atoms with van der Waals surface area (Å²) < 4.78 is 21.4. The summed E-state index contributed by atoms with van der Waals surface area (Å²) >= 11 is 0. The monoisotopic (exact) mass is 892 g/mol. The summed E-state index contributed by atoms with van der Waals surface area (Å²) in [6.45, 7) is 4.52. The summed E-state index contributed by atoms with van der Waals surface area (Å²) in [5.41, 5.74) is 9.51. The number of para-hydroxylation sites is 3. The van der Waals surface area contributed by atoms with E-state index in [1.807, 2.05) is 71.4 Å². The van der Waals surface area contributed by atoms with Crippen LogP contribution in [-0.4, -0.2) is 18.9 Å². The minimum Gasteiger partial charge on any atom is -0.340 e. The van der Waals surface area contributed by atoms with E-state index < -0.39 is 6.17 Å². The van der Waals surface area contributed by atoms with Gasteiger partial charge in [0.2, 0.25) is 0 Å². The van der Waals surface area contributed by atoms with Crippen LogP contribution in [0.15, 0.2) is 152 Å². The summed E-state index contributed by atoms with van der Waals surface area (Å²) in [6, 6.07) is 52.5. The SMILES string of the molecule is CC1(C)c2cccnc2N(c2[c-]c(C(F)c3[c-]c4c(cc3)c3ccccc3n3ccnc43)ccc2)c2c1ccc1c3ccccc3n(-c3ccccc3)c21.[Pt+2]. The molecule has 4 aromatic heterocycles. The van der Waals surface area contributed by atoms with E-state index in [9.17, 15) is 0 Å². The molecule has 6 aromatic carbocycles. The zero-order chi connectivity index (χ0) is 36.1. The Labute approximate surface area is 331 Å². The fourth-order valence-electron chi connectivity index (χ4n) is 8.74. The molecule has 1 unspecified atom stereocenters. The number of rotatable bonds is 4. The molecule has 10 aromatic rings. The molecule has 55 heavy (non-hydrogen) atoms. The fraction of sp³-hybridized carbons (Fsp3) is 0.0833. The van der Waals surface area contributed by atoms with Gasteiger partial charge in [0, 0.05) is 51.5 Å². The van der Waals surface area contributed by atoms with Gasteiger partial charge in [0.15, 0.2) is 0 Å². The van der Waals surface area contributed by atoms with Gasteiger partial charge in [-0.15, -0.1) is 29.8 Å². The van der Waals surface area contributed by atoms with Crippen LogP contribution < -0.4 is 4.90 Å². The first-order chi connectivity index (χ1) is 26.5. The number of imidazole rings is 1. The molecule has 0 amide bonds. The standard InChI is InChI=1S/C48H32FN5.Pt/c1-48(2)39-24-23-37-36-17-7-9-20-42(36)53(32-13-4-3-5-14-32)44(37)45(39)54(47-40(48)18-11-25-50-47)33-15-10-12-30(28-33)43(49)31-21-22-34-35-16-6-8-19-41(35)52-27-26-51-46(52)38(34)29-31;/h3-27,43H,1-2H3;/q-2;+2. The van der Waals surface area contributed by atoms with Crippen molar-refractivity contribution in [1.29, 1.82) is 0 Å². The largest absolute Gasteiger partial charge is 2.00 e. The van der Waals surface area contributed by atoms with Crippen LogP contribution in [0.5, 0.6) is 0 Å². The predicted molar refractivity (Wildman–Crippen MR) is 216 cm³/mol. The molecule has 0 spiro atoms. The molecular formula is C48H32FN5Pt. The molecule has 11 rings (SSSR count). The van der Waals surface area contributed by atoms with Crippen molar-refractivity contribution in [3.05, 3.63) is 186 Å². The Morgan fingerprint density at radius 3 is 2.18 bits per heavy atom. The van der Waals surface area contributed by atoms with E-state index in [1.165, 1.54) is 0 Å². The Kier molecular flexibility index (Phi) is 7.59. The number of hydrogen-bond donors (Lipinski definition) is 0. The van der Waals surface area contributed by atoms with Gasteiger partial charge in [-0.25, -0.2) is 9.37 Å². The van der Waals surface area contributed by atoms with E-state index >= 15 is 4.39 Å². The van der Waals surface area contributed by atoms with Crippen LogP contribution in [0.3, 0.4) is 0 Å². The van der Waals surface area contributed by atoms with Crippen LogP contribution in [0, 0.1) is 12.1 Å². The summed E-state index contributed by atoms with van der Waals surface area (Å²) in [4.78, 5) is 11.9. The number of nitrogens with zero attached hydrogens (tertiary/aromatic N) is 5. The van der Waals surface area contributed by atoms with Crippen molar-refractivity contribution in [2.75, 3.05) is 4.90 Å².